The van der Waals surface area contributed by atoms with E-state index in [1.54, 1.807) is 6.08 Å². The molecule has 0 atom stereocenters. The summed E-state index contributed by atoms with van der Waals surface area (Å²) in [4.78, 5) is 0. The van der Waals surface area contributed by atoms with Gasteiger partial charge in [-0.15, -0.1) is 6.58 Å². The van der Waals surface area contributed by atoms with Crippen molar-refractivity contribution in [3.05, 3.63) is 71.9 Å². The van der Waals surface area contributed by atoms with E-state index < -0.39 is 0 Å². The fourth-order valence-corrected chi connectivity index (χ4v) is 1.40. The Morgan fingerprint density at radius 2 is 1.94 bits per heavy atom. The monoisotopic (exact) mass is 228 g/mol. The Bertz CT molecular complexity index is 371. The van der Waals surface area contributed by atoms with Crippen LogP contribution in [0.5, 0.6) is 0 Å². The molecule has 0 saturated carbocycles. The van der Waals surface area contributed by atoms with Crippen LogP contribution in [0.2, 0.25) is 0 Å². The zero-order valence-corrected chi connectivity index (χ0v) is 11.5. The molecule has 1 aliphatic rings. The summed E-state index contributed by atoms with van der Waals surface area (Å²) in [5, 5.41) is 0. The van der Waals surface area contributed by atoms with Crippen molar-refractivity contribution in [3.63, 3.8) is 0 Å². The van der Waals surface area contributed by atoms with Gasteiger partial charge in [0.15, 0.2) is 0 Å². The Morgan fingerprint density at radius 3 is 2.35 bits per heavy atom. The van der Waals surface area contributed by atoms with Crippen LogP contribution in [0, 0.1) is 0 Å². The minimum absolute atomic E-state index is 1.07. The topological polar surface area (TPSA) is 0 Å². The van der Waals surface area contributed by atoms with Gasteiger partial charge in [0.05, 0.1) is 0 Å². The standard InChI is InChI=1S/C14H18.C3H6/c1-4-8-14(12(3)5-2)11-13-9-6-7-10-13;1-3-2/h4-6,8-11H,7H2,1-3H3;3H,1H2,2H3/b8-4-,12-5-,14-11-;. The minimum Gasteiger partial charge on any atom is -0.103 e. The second kappa shape index (κ2) is 9.65. The van der Waals surface area contributed by atoms with Crippen molar-refractivity contribution in [1.82, 2.24) is 0 Å². The van der Waals surface area contributed by atoms with Crippen LogP contribution in [0.3, 0.4) is 0 Å². The highest BCUT2D eigenvalue weighted by Gasteiger charge is 1.98. The molecule has 1 aliphatic carbocycles. The van der Waals surface area contributed by atoms with Crippen LogP contribution >= 0.6 is 0 Å². The van der Waals surface area contributed by atoms with E-state index in [0.717, 1.165) is 6.42 Å². The summed E-state index contributed by atoms with van der Waals surface area (Å²) in [6, 6.07) is 0. The molecule has 0 saturated heterocycles. The molecule has 0 unspecified atom stereocenters. The molecule has 0 heteroatoms. The van der Waals surface area contributed by atoms with Crippen molar-refractivity contribution < 1.29 is 0 Å². The summed E-state index contributed by atoms with van der Waals surface area (Å²) in [6.45, 7) is 11.5. The second-order valence-corrected chi connectivity index (χ2v) is 3.82. The van der Waals surface area contributed by atoms with E-state index in [1.807, 2.05) is 6.92 Å². The maximum atomic E-state index is 3.36. The summed E-state index contributed by atoms with van der Waals surface area (Å²) in [6.07, 6.45) is 18.0. The highest BCUT2D eigenvalue weighted by atomic mass is 14.0. The Labute approximate surface area is 106 Å². The summed E-state index contributed by atoms with van der Waals surface area (Å²) in [7, 11) is 0. The maximum absolute atomic E-state index is 3.36. The zero-order valence-electron chi connectivity index (χ0n) is 11.5. The van der Waals surface area contributed by atoms with Crippen molar-refractivity contribution >= 4 is 0 Å². The van der Waals surface area contributed by atoms with E-state index in [9.17, 15) is 0 Å². The average molecular weight is 228 g/mol. The molecule has 17 heavy (non-hydrogen) atoms. The molecule has 92 valence electrons. The van der Waals surface area contributed by atoms with E-state index in [2.05, 4.69) is 69.9 Å². The predicted octanol–water partition coefficient (Wildman–Crippen LogP) is 5.53. The predicted molar refractivity (Wildman–Crippen MR) is 80.0 cm³/mol. The van der Waals surface area contributed by atoms with Crippen LogP contribution in [-0.4, -0.2) is 0 Å². The first-order valence-electron chi connectivity index (χ1n) is 6.11. The van der Waals surface area contributed by atoms with E-state index >= 15 is 0 Å². The first-order valence-corrected chi connectivity index (χ1v) is 6.11. The molecule has 0 fully saturated rings. The minimum atomic E-state index is 1.07. The fourth-order valence-electron chi connectivity index (χ4n) is 1.40. The lowest BCUT2D eigenvalue weighted by molar-refractivity contribution is 1.38. The van der Waals surface area contributed by atoms with Gasteiger partial charge in [-0.3, -0.25) is 0 Å². The largest absolute Gasteiger partial charge is 0.103 e. The Morgan fingerprint density at radius 1 is 1.29 bits per heavy atom. The average Bonchev–Trinajstić information content (AvgIpc) is 2.81. The van der Waals surface area contributed by atoms with Gasteiger partial charge in [-0.2, -0.15) is 0 Å². The van der Waals surface area contributed by atoms with Gasteiger partial charge in [0.25, 0.3) is 0 Å². The smallest absolute Gasteiger partial charge is 0.0157 e. The Kier molecular flexibility index (Phi) is 8.77. The molecule has 0 aromatic heterocycles. The molecule has 0 aliphatic heterocycles. The van der Waals surface area contributed by atoms with Crippen LogP contribution in [-0.2, 0) is 0 Å². The molecule has 0 heterocycles. The lowest BCUT2D eigenvalue weighted by Crippen LogP contribution is -1.82. The molecule has 0 spiro atoms. The maximum Gasteiger partial charge on any atom is -0.0157 e. The zero-order chi connectivity index (χ0) is 13.1. The number of allylic oxidation sites excluding steroid dienone is 11. The lowest BCUT2D eigenvalue weighted by Gasteiger charge is -2.01. The Balaban J connectivity index is 0.000000770. The first-order chi connectivity index (χ1) is 8.19. The SMILES string of the molecule is C=CC.C\C=C/C(=C/C1=CCC=C1)C(/C)=C\C. The van der Waals surface area contributed by atoms with Gasteiger partial charge < -0.3 is 0 Å². The van der Waals surface area contributed by atoms with Gasteiger partial charge in [0.1, 0.15) is 0 Å². The number of hydrogen-bond donors (Lipinski definition) is 0. The van der Waals surface area contributed by atoms with Gasteiger partial charge in [-0.1, -0.05) is 42.5 Å². The normalized spacial score (nSPS) is 15.6. The molecule has 0 nitrogen and oxygen atoms in total. The third-order valence-corrected chi connectivity index (χ3v) is 2.36. The van der Waals surface area contributed by atoms with Crippen LogP contribution in [0.15, 0.2) is 71.9 Å². The van der Waals surface area contributed by atoms with E-state index in [4.69, 9.17) is 0 Å². The summed E-state index contributed by atoms with van der Waals surface area (Å²) < 4.78 is 0. The highest BCUT2D eigenvalue weighted by Crippen LogP contribution is 2.17. The summed E-state index contributed by atoms with van der Waals surface area (Å²) in [5.41, 5.74) is 3.94. The van der Waals surface area contributed by atoms with Gasteiger partial charge in [0, 0.05) is 0 Å². The van der Waals surface area contributed by atoms with Gasteiger partial charge in [-0.25, -0.2) is 0 Å². The number of rotatable bonds is 3. The van der Waals surface area contributed by atoms with Crippen molar-refractivity contribution in [3.8, 4) is 0 Å². The van der Waals surface area contributed by atoms with Gasteiger partial charge in [0.2, 0.25) is 0 Å². The van der Waals surface area contributed by atoms with E-state index in [0.29, 0.717) is 0 Å². The molecule has 0 aromatic carbocycles. The second-order valence-electron chi connectivity index (χ2n) is 3.82. The third kappa shape index (κ3) is 6.57. The highest BCUT2D eigenvalue weighted by molar-refractivity contribution is 5.47. The quantitative estimate of drug-likeness (QED) is 0.440. The van der Waals surface area contributed by atoms with E-state index in [-0.39, 0.29) is 0 Å². The van der Waals surface area contributed by atoms with Crippen molar-refractivity contribution in [1.29, 1.82) is 0 Å². The van der Waals surface area contributed by atoms with Gasteiger partial charge in [-0.05, 0) is 56.9 Å². The summed E-state index contributed by atoms with van der Waals surface area (Å²) in [5.74, 6) is 0. The number of hydrogen-bond acceptors (Lipinski definition) is 0. The van der Waals surface area contributed by atoms with Crippen LogP contribution in [0.1, 0.15) is 34.1 Å². The molecule has 0 bridgehead atoms. The molecule has 0 N–H and O–H groups in total. The van der Waals surface area contributed by atoms with Crippen LogP contribution < -0.4 is 0 Å². The molecule has 0 radical (unpaired) electrons. The first kappa shape index (κ1) is 15.4. The molecular weight excluding hydrogens is 204 g/mol. The van der Waals surface area contributed by atoms with Crippen molar-refractivity contribution in [2.45, 2.75) is 34.1 Å². The van der Waals surface area contributed by atoms with E-state index in [1.165, 1.54) is 16.7 Å². The molecule has 0 amide bonds. The van der Waals surface area contributed by atoms with Crippen LogP contribution in [0.4, 0.5) is 0 Å². The van der Waals surface area contributed by atoms with Crippen molar-refractivity contribution in [2.24, 2.45) is 0 Å². The molecule has 1 rings (SSSR count). The third-order valence-electron chi connectivity index (χ3n) is 2.36. The summed E-state index contributed by atoms with van der Waals surface area (Å²) >= 11 is 0. The fraction of sp³-hybridized carbons (Fsp3) is 0.294. The molecule has 0 aromatic rings. The van der Waals surface area contributed by atoms with Crippen LogP contribution in [0.25, 0.3) is 0 Å². The molecular formula is C17H24. The van der Waals surface area contributed by atoms with Crippen molar-refractivity contribution in [2.75, 3.05) is 0 Å². The van der Waals surface area contributed by atoms with Gasteiger partial charge >= 0.3 is 0 Å². The lowest BCUT2D eigenvalue weighted by atomic mass is 10.0. The Hall–Kier alpha value is -1.56.